The normalized spacial score (nSPS) is 23.7. The largest absolute Gasteiger partial charge is 0.448 e. The molecule has 0 radical (unpaired) electrons. The van der Waals surface area contributed by atoms with Gasteiger partial charge in [0.2, 0.25) is 0 Å². The highest BCUT2D eigenvalue weighted by molar-refractivity contribution is 7.85. The van der Waals surface area contributed by atoms with Crippen molar-refractivity contribution in [2.24, 2.45) is 5.92 Å². The summed E-state index contributed by atoms with van der Waals surface area (Å²) in [6, 6.07) is 4.82. The molecule has 0 saturated carbocycles. The zero-order chi connectivity index (χ0) is 18.6. The topological polar surface area (TPSA) is 84.9 Å². The molecule has 2 saturated heterocycles. The van der Waals surface area contributed by atoms with Crippen LogP contribution in [0.1, 0.15) is 32.1 Å². The number of amides is 1. The molecule has 3 rings (SSSR count). The molecule has 2 aliphatic heterocycles. The van der Waals surface area contributed by atoms with Crippen LogP contribution in [0.2, 0.25) is 0 Å². The number of halogens is 1. The number of hydrogen-bond acceptors (Lipinski definition) is 6. The number of benzene rings is 1. The Morgan fingerprint density at radius 3 is 2.65 bits per heavy atom. The molecule has 7 nitrogen and oxygen atoms in total. The lowest BCUT2D eigenvalue weighted by Crippen LogP contribution is -2.49. The Bertz CT molecular complexity index is 723. The van der Waals surface area contributed by atoms with Crippen molar-refractivity contribution in [2.75, 3.05) is 19.7 Å². The van der Waals surface area contributed by atoms with Gasteiger partial charge in [-0.1, -0.05) is 6.42 Å². The van der Waals surface area contributed by atoms with Crippen molar-refractivity contribution in [3.63, 3.8) is 0 Å². The lowest BCUT2D eigenvalue weighted by molar-refractivity contribution is 0.0244. The van der Waals surface area contributed by atoms with E-state index in [-0.39, 0.29) is 18.3 Å². The molecule has 2 heterocycles. The third kappa shape index (κ3) is 5.07. The fourth-order valence-electron chi connectivity index (χ4n) is 3.72. The number of nitrogens with zero attached hydrogens (tertiary/aromatic N) is 1. The molecule has 0 spiro atoms. The summed E-state index contributed by atoms with van der Waals surface area (Å²) in [7, 11) is -4.38. The van der Waals surface area contributed by atoms with Gasteiger partial charge in [0.1, 0.15) is 11.6 Å². The molecule has 144 valence electrons. The summed E-state index contributed by atoms with van der Waals surface area (Å²) in [5.74, 6) is -0.404. The number of carbonyl (C=O) groups excluding carboxylic acids is 1. The van der Waals surface area contributed by atoms with Crippen LogP contribution in [0.5, 0.6) is 5.75 Å². The highest BCUT2D eigenvalue weighted by atomic mass is 32.2. The van der Waals surface area contributed by atoms with Crippen LogP contribution < -0.4 is 8.91 Å². The highest BCUT2D eigenvalue weighted by Gasteiger charge is 2.33. The summed E-state index contributed by atoms with van der Waals surface area (Å²) >= 11 is 0. The van der Waals surface area contributed by atoms with E-state index in [4.69, 9.17) is 8.92 Å². The van der Waals surface area contributed by atoms with E-state index < -0.39 is 22.2 Å². The number of fused-ring (bicyclic) bond motifs is 1. The summed E-state index contributed by atoms with van der Waals surface area (Å²) in [5.41, 5.74) is 0. The van der Waals surface area contributed by atoms with Crippen molar-refractivity contribution in [3.8, 4) is 5.75 Å². The molecule has 1 aromatic rings. The maximum absolute atomic E-state index is 12.8. The SMILES string of the molecule is O=C(NS(=O)(=O)Oc1ccc(F)cc1)OC[C@@H]1CCCN2CCCC[C@@H]12. The lowest BCUT2D eigenvalue weighted by atomic mass is 9.84. The Morgan fingerprint density at radius 1 is 1.15 bits per heavy atom. The van der Waals surface area contributed by atoms with E-state index in [0.717, 1.165) is 56.6 Å². The smallest absolute Gasteiger partial charge is 0.423 e. The fourth-order valence-corrected chi connectivity index (χ4v) is 4.39. The van der Waals surface area contributed by atoms with Gasteiger partial charge in [-0.3, -0.25) is 4.90 Å². The second-order valence-electron chi connectivity index (χ2n) is 6.69. The number of nitrogens with one attached hydrogen (secondary N) is 1. The Kier molecular flexibility index (Phi) is 5.98. The molecule has 2 atom stereocenters. The minimum absolute atomic E-state index is 0.100. The highest BCUT2D eigenvalue weighted by Crippen LogP contribution is 2.31. The average Bonchev–Trinajstić information content (AvgIpc) is 2.61. The zero-order valence-corrected chi connectivity index (χ0v) is 15.2. The van der Waals surface area contributed by atoms with Crippen LogP contribution in [-0.4, -0.2) is 45.1 Å². The van der Waals surface area contributed by atoms with E-state index in [1.165, 1.54) is 12.8 Å². The zero-order valence-electron chi connectivity index (χ0n) is 14.4. The number of piperidine rings is 2. The van der Waals surface area contributed by atoms with E-state index >= 15 is 0 Å². The number of hydrogen-bond donors (Lipinski definition) is 1. The molecule has 2 aliphatic rings. The van der Waals surface area contributed by atoms with Crippen molar-refractivity contribution in [3.05, 3.63) is 30.1 Å². The Balaban J connectivity index is 1.49. The van der Waals surface area contributed by atoms with Crippen molar-refractivity contribution in [1.29, 1.82) is 0 Å². The molecule has 0 bridgehead atoms. The van der Waals surface area contributed by atoms with E-state index in [1.54, 1.807) is 4.72 Å². The second kappa shape index (κ2) is 8.22. The van der Waals surface area contributed by atoms with Crippen LogP contribution in [0.4, 0.5) is 9.18 Å². The van der Waals surface area contributed by atoms with Gasteiger partial charge in [-0.25, -0.2) is 9.18 Å². The first kappa shape index (κ1) is 18.9. The van der Waals surface area contributed by atoms with E-state index in [9.17, 15) is 17.6 Å². The van der Waals surface area contributed by atoms with Gasteiger partial charge in [-0.2, -0.15) is 13.1 Å². The predicted molar refractivity (Wildman–Crippen MR) is 92.4 cm³/mol. The first-order valence-electron chi connectivity index (χ1n) is 8.81. The summed E-state index contributed by atoms with van der Waals surface area (Å²) in [6.07, 6.45) is 4.40. The Hall–Kier alpha value is -1.87. The lowest BCUT2D eigenvalue weighted by Gasteiger charge is -2.44. The summed E-state index contributed by atoms with van der Waals surface area (Å²) in [4.78, 5) is 14.3. The number of ether oxygens (including phenoxy) is 1. The van der Waals surface area contributed by atoms with Crippen LogP contribution in [0.25, 0.3) is 0 Å². The van der Waals surface area contributed by atoms with Gasteiger partial charge in [0.05, 0.1) is 6.61 Å². The van der Waals surface area contributed by atoms with Gasteiger partial charge in [0.15, 0.2) is 0 Å². The molecule has 1 N–H and O–H groups in total. The van der Waals surface area contributed by atoms with Crippen molar-refractivity contribution >= 4 is 16.4 Å². The van der Waals surface area contributed by atoms with Crippen LogP contribution in [0.3, 0.4) is 0 Å². The third-order valence-electron chi connectivity index (χ3n) is 4.89. The van der Waals surface area contributed by atoms with Crippen LogP contribution in [0, 0.1) is 11.7 Å². The number of carbonyl (C=O) groups is 1. The first-order chi connectivity index (χ1) is 12.4. The maximum atomic E-state index is 12.8. The minimum atomic E-state index is -4.38. The van der Waals surface area contributed by atoms with Gasteiger partial charge in [0.25, 0.3) is 0 Å². The van der Waals surface area contributed by atoms with E-state index in [2.05, 4.69) is 4.90 Å². The van der Waals surface area contributed by atoms with Gasteiger partial charge >= 0.3 is 16.4 Å². The Morgan fingerprint density at radius 2 is 1.88 bits per heavy atom. The third-order valence-corrected chi connectivity index (χ3v) is 5.71. The quantitative estimate of drug-likeness (QED) is 0.837. The van der Waals surface area contributed by atoms with Crippen LogP contribution >= 0.6 is 0 Å². The maximum Gasteiger partial charge on any atom is 0.423 e. The second-order valence-corrected chi connectivity index (χ2v) is 7.97. The van der Waals surface area contributed by atoms with Crippen molar-refractivity contribution in [2.45, 2.75) is 38.1 Å². The number of rotatable bonds is 5. The Labute approximate surface area is 152 Å². The molecule has 9 heteroatoms. The molecule has 26 heavy (non-hydrogen) atoms. The minimum Gasteiger partial charge on any atom is -0.448 e. The van der Waals surface area contributed by atoms with E-state index in [1.807, 2.05) is 0 Å². The van der Waals surface area contributed by atoms with Gasteiger partial charge < -0.3 is 8.92 Å². The van der Waals surface area contributed by atoms with Crippen molar-refractivity contribution < 1.29 is 26.5 Å². The fraction of sp³-hybridized carbons (Fsp3) is 0.588. The van der Waals surface area contributed by atoms with E-state index in [0.29, 0.717) is 6.04 Å². The molecule has 0 unspecified atom stereocenters. The van der Waals surface area contributed by atoms with Crippen molar-refractivity contribution in [1.82, 2.24) is 9.62 Å². The monoisotopic (exact) mass is 386 g/mol. The predicted octanol–water partition coefficient (Wildman–Crippen LogP) is 2.44. The summed E-state index contributed by atoms with van der Waals surface area (Å²) < 4.78 is 48.0. The van der Waals surface area contributed by atoms with Crippen LogP contribution in [0.15, 0.2) is 24.3 Å². The van der Waals surface area contributed by atoms with Crippen LogP contribution in [-0.2, 0) is 15.0 Å². The molecule has 2 fully saturated rings. The molecule has 1 amide bonds. The molecular formula is C17H23FN2O5S. The standard InChI is InChI=1S/C17H23FN2O5S/c18-14-6-8-15(9-7-14)25-26(22,23)19-17(21)24-12-13-4-3-11-20-10-2-1-5-16(13)20/h6-9,13,16H,1-5,10-12H2,(H,19,21)/t13-,16-/m0/s1. The molecule has 1 aromatic carbocycles. The van der Waals surface area contributed by atoms with Gasteiger partial charge in [-0.15, -0.1) is 0 Å². The molecule has 0 aromatic heterocycles. The molecule has 0 aliphatic carbocycles. The average molecular weight is 386 g/mol. The summed E-state index contributed by atoms with van der Waals surface area (Å²) in [5, 5.41) is 0. The molecular weight excluding hydrogens is 363 g/mol. The first-order valence-corrected chi connectivity index (χ1v) is 10.2. The van der Waals surface area contributed by atoms with Gasteiger partial charge in [-0.05, 0) is 63.0 Å². The summed E-state index contributed by atoms with van der Waals surface area (Å²) in [6.45, 7) is 2.33. The van der Waals surface area contributed by atoms with Gasteiger partial charge in [0, 0.05) is 12.0 Å².